The van der Waals surface area contributed by atoms with Gasteiger partial charge in [0.05, 0.1) is 22.6 Å². The predicted octanol–water partition coefficient (Wildman–Crippen LogP) is -0.521. The molecule has 3 aliphatic heterocycles. The van der Waals surface area contributed by atoms with E-state index in [2.05, 4.69) is 52.9 Å². The summed E-state index contributed by atoms with van der Waals surface area (Å²) >= 11 is 3.54. The molecule has 0 radical (unpaired) electrons. The lowest BCUT2D eigenvalue weighted by atomic mass is 10.1. The molecule has 0 aromatic carbocycles. The third-order valence-corrected chi connectivity index (χ3v) is 17.6. The van der Waals surface area contributed by atoms with Gasteiger partial charge in [-0.15, -0.1) is 0 Å². The molecule has 0 bridgehead atoms. The maximum Gasteiger partial charge on any atom is 0.490 e. The Morgan fingerprint density at radius 3 is 1.36 bits per heavy atom. The average Bonchev–Trinajstić information content (AvgIpc) is 1.67. The van der Waals surface area contributed by atoms with Gasteiger partial charge in [-0.1, -0.05) is 71.1 Å². The predicted molar refractivity (Wildman–Crippen MR) is 333 cm³/mol. The van der Waals surface area contributed by atoms with Crippen molar-refractivity contribution < 1.29 is 125 Å². The second-order valence-corrected chi connectivity index (χ2v) is 26.2. The fourth-order valence-electron chi connectivity index (χ4n) is 9.33. The van der Waals surface area contributed by atoms with E-state index >= 15 is 0 Å². The van der Waals surface area contributed by atoms with Crippen LogP contribution < -0.4 is 49.1 Å². The standard InChI is InChI=1S/C17H24F3N3O7.C17H30N3O16P3.C17H28N2O6.CH5NS/c18-17(19,20)15(27)21-6-3-1-2-4-8-29-13-12(26)10(9-24)30-14(13)23-7-5-11(25)22-16(23)28;1-11(21)18-7-4-2-3-5-9-32-15-14(23)12(34-16(15)20-8-6-13(22)19-17(20)24)10-33-38(28,29)36-39(30,31)35-37(25,26)27;1-3-4-5-6-7-10-24-15-14(21)12(11-23-2)25-16(15)19-9-8-13(20)18-17(19)22;1-2-3/h5,7,10,12-14,24,26H,1-4,6,8-9H2,(H,21,27)(H,22,25,28);6,8,12,14-16,23H,2-5,7,9-10H2,1H3,(H,18,21)(H,28,29)(H,30,31)(H,19,22,24)(H2,25,26,27);8-9,12,14-16,21H,3-7,10-11H2,1-2H3,(H,18,20,22);2-3H,1H3/t10-,12+,13?,14-;2*12-,14+,15?,16-;/m111./s1/i;;2TD;/t;;2?,12-,14+,15?,16-;. The number of nitrogens with one attached hydrogen (secondary N) is 6. The van der Waals surface area contributed by atoms with Crippen molar-refractivity contribution in [2.24, 2.45) is 0 Å². The number of hydrogen-bond acceptors (Lipinski definition) is 27. The number of ether oxygens (including phenoxy) is 7. The minimum atomic E-state index is -5.76. The lowest BCUT2D eigenvalue weighted by molar-refractivity contribution is -0.173. The summed E-state index contributed by atoms with van der Waals surface area (Å²) in [5.41, 5.74) is -4.19. The van der Waals surface area contributed by atoms with Crippen molar-refractivity contribution in [1.29, 1.82) is 0 Å². The minimum absolute atomic E-state index is 0.0857. The first-order valence-electron chi connectivity index (χ1n) is 31.2. The topological polar surface area (TPSA) is 540 Å². The number of amides is 2. The Balaban J connectivity index is 0.000000385. The highest BCUT2D eigenvalue weighted by molar-refractivity contribution is 7.78. The summed E-state index contributed by atoms with van der Waals surface area (Å²) in [5.74, 6) is -2.11. The highest BCUT2D eigenvalue weighted by Crippen LogP contribution is 2.66. The Hall–Kier alpha value is -4.95. The molecule has 6 unspecified atom stereocenters. The molecule has 45 heteroatoms. The van der Waals surface area contributed by atoms with Crippen LogP contribution >= 0.6 is 36.3 Å². The molecule has 38 nitrogen and oxygen atoms in total. The number of phosphoric acid groups is 3. The number of thiol groups is 1. The summed E-state index contributed by atoms with van der Waals surface area (Å²) in [6.07, 6.45) is -5.00. The first-order chi connectivity index (χ1) is 46.5. The molecule has 14 N–H and O–H groups in total. The number of rotatable bonds is 36. The van der Waals surface area contributed by atoms with Gasteiger partial charge < -0.3 is 83.8 Å². The number of alkyl halides is 3. The second kappa shape index (κ2) is 43.0. The molecule has 3 aliphatic rings. The molecule has 6 heterocycles. The highest BCUT2D eigenvalue weighted by atomic mass is 32.1. The number of aliphatic hydroxyl groups excluding tert-OH is 4. The molecule has 3 aromatic rings. The largest absolute Gasteiger partial charge is 0.490 e. The van der Waals surface area contributed by atoms with Crippen molar-refractivity contribution in [2.45, 2.75) is 177 Å². The number of carbonyl (C=O) groups is 2. The smallest absolute Gasteiger partial charge is 0.394 e. The molecule has 0 aliphatic carbocycles. The fourth-order valence-corrected chi connectivity index (χ4v) is 12.4. The van der Waals surface area contributed by atoms with E-state index in [0.29, 0.717) is 51.7 Å². The first kappa shape index (κ1) is 82.7. The molecule has 2 amide bonds. The van der Waals surface area contributed by atoms with Gasteiger partial charge >= 0.3 is 52.6 Å². The summed E-state index contributed by atoms with van der Waals surface area (Å²) in [5, 5.41) is 45.3. The number of aromatic nitrogens is 6. The van der Waals surface area contributed by atoms with Crippen molar-refractivity contribution in [3.05, 3.63) is 99.3 Å². The van der Waals surface area contributed by atoms with Crippen molar-refractivity contribution in [3.8, 4) is 0 Å². The number of nitrogens with zero attached hydrogens (tertiary/aromatic N) is 3. The third-order valence-electron chi connectivity index (χ3n) is 13.8. The first-order valence-corrected chi connectivity index (χ1v) is 35.0. The van der Waals surface area contributed by atoms with Crippen molar-refractivity contribution in [3.63, 3.8) is 0 Å². The zero-order valence-electron chi connectivity index (χ0n) is 54.7. The number of unbranched alkanes of at least 4 members (excludes halogenated alkanes) is 10. The van der Waals surface area contributed by atoms with Crippen LogP contribution in [0, 0.1) is 0 Å². The van der Waals surface area contributed by atoms with Gasteiger partial charge in [0.15, 0.2) is 18.7 Å². The van der Waals surface area contributed by atoms with Crippen LogP contribution in [0.4, 0.5) is 13.2 Å². The van der Waals surface area contributed by atoms with Gasteiger partial charge in [0.1, 0.15) is 54.9 Å². The maximum absolute atomic E-state index is 12.3. The van der Waals surface area contributed by atoms with E-state index in [9.17, 15) is 95.4 Å². The second-order valence-electron chi connectivity index (χ2n) is 21.3. The van der Waals surface area contributed by atoms with Gasteiger partial charge in [0.25, 0.3) is 16.7 Å². The number of methoxy groups -OCH3 is 1. The number of hydrogen-bond donors (Lipinski definition) is 15. The van der Waals surface area contributed by atoms with E-state index in [4.69, 9.17) is 45.7 Å². The van der Waals surface area contributed by atoms with Gasteiger partial charge in [-0.2, -0.15) is 21.8 Å². The quantitative estimate of drug-likeness (QED) is 0.0198. The molecule has 0 spiro atoms. The van der Waals surface area contributed by atoms with Gasteiger partial charge in [0, 0.05) is 83.7 Å². The Morgan fingerprint density at radius 1 is 0.629 bits per heavy atom. The molecule has 97 heavy (non-hydrogen) atoms. The summed E-state index contributed by atoms with van der Waals surface area (Å²) in [6, 6.07) is 3.30. The zero-order valence-corrected chi connectivity index (χ0v) is 56.3. The van der Waals surface area contributed by atoms with Gasteiger partial charge in [-0.3, -0.25) is 61.9 Å². The number of halogens is 3. The monoisotopic (exact) mass is 1490 g/mol. The molecular formula is C52H87F3N9O29P3S. The number of aliphatic hydroxyl groups is 4. The SMILES string of the molecule is CC(=O)NCCCCCCOC1[C@@H](O)[C@@H](COP(=O)(O)OP(=O)(O)OP(=O)(O)O)O[C@H]1n1ccc(=O)[nH]c1=O.CNS.O=C(NCCCCCCOC1[C@@H](O)[C@@H](CO)O[C@H]1n1ccc(=O)[nH]c1=O)C(F)(F)F.[2H]C([3H])OC[C@H]1O[C@@H](n2ccc(=O)[nH]c2=O)C(OCCCCCCC)[C@H]1O. The van der Waals surface area contributed by atoms with E-state index in [1.165, 1.54) is 25.4 Å². The lowest BCUT2D eigenvalue weighted by Crippen LogP contribution is -2.39. The van der Waals surface area contributed by atoms with Crippen LogP contribution in [0.2, 0.25) is 0 Å². The van der Waals surface area contributed by atoms with Crippen molar-refractivity contribution >= 4 is 48.1 Å². The van der Waals surface area contributed by atoms with E-state index in [1.807, 2.05) is 4.98 Å². The van der Waals surface area contributed by atoms with Gasteiger partial charge in [-0.05, 0) is 39.2 Å². The van der Waals surface area contributed by atoms with Crippen molar-refractivity contribution in [1.82, 2.24) is 44.0 Å². The molecule has 3 aromatic heterocycles. The van der Waals surface area contributed by atoms with E-state index < -0.39 is 163 Å². The molecule has 6 rings (SSSR count). The van der Waals surface area contributed by atoms with Gasteiger partial charge in [-0.25, -0.2) is 28.1 Å². The van der Waals surface area contributed by atoms with E-state index in [-0.39, 0.29) is 32.3 Å². The van der Waals surface area contributed by atoms with E-state index in [0.717, 1.165) is 77.0 Å². The fraction of sp³-hybridized carbons (Fsp3) is 0.731. The lowest BCUT2D eigenvalue weighted by Gasteiger charge is -2.22. The highest BCUT2D eigenvalue weighted by Gasteiger charge is 2.50. The zero-order chi connectivity index (χ0) is 74.3. The molecule has 15 atom stereocenters. The normalized spacial score (nSPS) is 24.9. The molecular weight excluding hydrogens is 1400 g/mol. The van der Waals surface area contributed by atoms with Crippen LogP contribution in [0.25, 0.3) is 0 Å². The van der Waals surface area contributed by atoms with Crippen LogP contribution in [-0.4, -0.2) is 208 Å². The Labute approximate surface area is 559 Å². The molecule has 3 saturated heterocycles. The molecule has 556 valence electrons. The minimum Gasteiger partial charge on any atom is -0.394 e. The van der Waals surface area contributed by atoms with Crippen LogP contribution in [0.1, 0.15) is 119 Å². The summed E-state index contributed by atoms with van der Waals surface area (Å²) < 4.78 is 141. The van der Waals surface area contributed by atoms with Crippen LogP contribution in [0.15, 0.2) is 65.6 Å². The molecule has 3 fully saturated rings. The summed E-state index contributed by atoms with van der Waals surface area (Å²) in [6.45, 7) is 2.94. The molecule has 0 saturated carbocycles. The Kier molecular flexibility index (Phi) is 36.7. The number of H-pyrrole nitrogens is 3. The van der Waals surface area contributed by atoms with Crippen LogP contribution in [0.5, 0.6) is 0 Å². The third kappa shape index (κ3) is 30.8. The Bertz CT molecular complexity index is 3450. The average molecular weight is 1490 g/mol. The van der Waals surface area contributed by atoms with Gasteiger partial charge in [0.2, 0.25) is 5.91 Å². The number of aromatic amines is 3. The van der Waals surface area contributed by atoms with E-state index in [1.54, 1.807) is 12.4 Å². The number of phosphoric ester groups is 1. The van der Waals surface area contributed by atoms with Crippen LogP contribution in [0.3, 0.4) is 0 Å². The number of carbonyl (C=O) groups excluding carboxylic acids is 2. The van der Waals surface area contributed by atoms with Crippen molar-refractivity contribution in [2.75, 3.05) is 66.8 Å². The Morgan fingerprint density at radius 2 is 1.00 bits per heavy atom. The maximum atomic E-state index is 12.3. The van der Waals surface area contributed by atoms with Crippen LogP contribution in [-0.2, 0) is 69.6 Å². The summed E-state index contributed by atoms with van der Waals surface area (Å²) in [7, 11) is -16.6. The summed E-state index contributed by atoms with van der Waals surface area (Å²) in [4.78, 5) is 134.